The van der Waals surface area contributed by atoms with Crippen LogP contribution in [0.2, 0.25) is 15.8 Å². The average Bonchev–Trinajstić information content (AvgIpc) is 2.54. The van der Waals surface area contributed by atoms with E-state index >= 15 is 0 Å². The Kier molecular flexibility index (Phi) is 10.1. The molecule has 0 bridgehead atoms. The van der Waals surface area contributed by atoms with Crippen LogP contribution < -0.4 is 0 Å². The monoisotopic (exact) mass is 370 g/mol. The van der Waals surface area contributed by atoms with E-state index < -0.39 is 18.9 Å². The number of hydrogen-bond acceptors (Lipinski definition) is 1. The van der Waals surface area contributed by atoms with E-state index in [0.717, 1.165) is 12.8 Å². The van der Waals surface area contributed by atoms with Crippen molar-refractivity contribution >= 4 is 13.3 Å². The van der Waals surface area contributed by atoms with E-state index in [4.69, 9.17) is 0 Å². The molecule has 1 fully saturated rings. The molecule has 0 aromatic rings. The number of rotatable bonds is 11. The van der Waals surface area contributed by atoms with Gasteiger partial charge in [-0.2, -0.15) is 0 Å². The Balaban J connectivity index is 2.83. The zero-order chi connectivity index (χ0) is 16.3. The van der Waals surface area contributed by atoms with E-state index in [0.29, 0.717) is 0 Å². The molecule has 0 aliphatic heterocycles. The third-order valence-electron chi connectivity index (χ3n) is 5.55. The van der Waals surface area contributed by atoms with E-state index in [2.05, 4.69) is 31.8 Å². The average molecular weight is 369 g/mol. The van der Waals surface area contributed by atoms with Gasteiger partial charge in [-0.05, 0) is 0 Å². The molecule has 0 radical (unpaired) electrons. The van der Waals surface area contributed by atoms with Gasteiger partial charge in [-0.1, -0.05) is 0 Å². The van der Waals surface area contributed by atoms with Crippen molar-refractivity contribution in [3.05, 3.63) is 11.0 Å². The van der Waals surface area contributed by atoms with Crippen molar-refractivity contribution in [3.63, 3.8) is 0 Å². The Morgan fingerprint density at radius 3 is 1.68 bits per heavy atom. The minimum absolute atomic E-state index is 0.459. The Bertz CT molecular complexity index is 283. The number of hydrogen-bond donors (Lipinski definition) is 1. The summed E-state index contributed by atoms with van der Waals surface area (Å²) in [6.07, 6.45) is 16.2. The first kappa shape index (κ1) is 20.3. The van der Waals surface area contributed by atoms with Gasteiger partial charge in [0.2, 0.25) is 0 Å². The van der Waals surface area contributed by atoms with Crippen LogP contribution in [-0.2, 0) is 0 Å². The molecule has 1 N–H and O–H groups in total. The molecule has 0 aromatic heterocycles. The second kappa shape index (κ2) is 10.9. The van der Waals surface area contributed by atoms with Crippen molar-refractivity contribution in [3.8, 4) is 0 Å². The fourth-order valence-electron chi connectivity index (χ4n) is 3.87. The predicted molar refractivity (Wildman–Crippen MR) is 102 cm³/mol. The zero-order valence-corrected chi connectivity index (χ0v) is 17.6. The van der Waals surface area contributed by atoms with Crippen molar-refractivity contribution in [2.24, 2.45) is 0 Å². The van der Waals surface area contributed by atoms with E-state index in [9.17, 15) is 5.11 Å². The van der Waals surface area contributed by atoms with Crippen LogP contribution >= 0.6 is 0 Å². The molecular formula is C20H40GeO. The zero-order valence-electron chi connectivity index (χ0n) is 15.5. The van der Waals surface area contributed by atoms with Gasteiger partial charge in [0, 0.05) is 0 Å². The van der Waals surface area contributed by atoms with E-state index in [-0.39, 0.29) is 0 Å². The summed E-state index contributed by atoms with van der Waals surface area (Å²) < 4.78 is 0. The Hall–Kier alpha value is 0.243. The first-order valence-corrected chi connectivity index (χ1v) is 15.7. The second-order valence-electron chi connectivity index (χ2n) is 7.67. The summed E-state index contributed by atoms with van der Waals surface area (Å²) >= 11 is -1.92. The number of unbranched alkanes of at least 4 members (excludes halogenated alkanes) is 3. The van der Waals surface area contributed by atoms with Crippen LogP contribution in [0.3, 0.4) is 0 Å². The molecule has 0 saturated heterocycles. The molecule has 1 saturated carbocycles. The normalized spacial score (nSPS) is 18.9. The summed E-state index contributed by atoms with van der Waals surface area (Å²) in [5.41, 5.74) is -0.459. The Morgan fingerprint density at radius 2 is 1.27 bits per heavy atom. The molecule has 0 atom stereocenters. The first-order chi connectivity index (χ1) is 10.6. The molecule has 0 aromatic carbocycles. The summed E-state index contributed by atoms with van der Waals surface area (Å²) in [5, 5.41) is 15.3. The Labute approximate surface area is 142 Å². The predicted octanol–water partition coefficient (Wildman–Crippen LogP) is 6.63. The van der Waals surface area contributed by atoms with Gasteiger partial charge >= 0.3 is 142 Å². The Morgan fingerprint density at radius 1 is 0.818 bits per heavy atom. The molecule has 1 aliphatic carbocycles. The molecule has 1 rings (SSSR count). The van der Waals surface area contributed by atoms with Crippen LogP contribution in [-0.4, -0.2) is 24.0 Å². The van der Waals surface area contributed by atoms with Crippen LogP contribution in [0.4, 0.5) is 0 Å². The number of aliphatic hydroxyl groups is 1. The van der Waals surface area contributed by atoms with E-state index in [1.54, 1.807) is 0 Å². The van der Waals surface area contributed by atoms with Crippen LogP contribution in [0.15, 0.2) is 11.0 Å². The molecule has 1 nitrogen and oxygen atoms in total. The molecule has 2 heteroatoms. The first-order valence-electron chi connectivity index (χ1n) is 10.0. The van der Waals surface area contributed by atoms with Gasteiger partial charge in [0.25, 0.3) is 0 Å². The van der Waals surface area contributed by atoms with Crippen LogP contribution in [0.25, 0.3) is 0 Å². The van der Waals surface area contributed by atoms with Gasteiger partial charge in [0.1, 0.15) is 0 Å². The van der Waals surface area contributed by atoms with Gasteiger partial charge in [-0.25, -0.2) is 0 Å². The van der Waals surface area contributed by atoms with Crippen LogP contribution in [0.5, 0.6) is 0 Å². The van der Waals surface area contributed by atoms with Gasteiger partial charge in [0.15, 0.2) is 0 Å². The molecule has 130 valence electrons. The van der Waals surface area contributed by atoms with Gasteiger partial charge < -0.3 is 0 Å². The van der Waals surface area contributed by atoms with E-state index in [1.807, 2.05) is 0 Å². The molecule has 0 unspecified atom stereocenters. The summed E-state index contributed by atoms with van der Waals surface area (Å²) in [6.45, 7) is 6.97. The van der Waals surface area contributed by atoms with Gasteiger partial charge in [-0.15, -0.1) is 0 Å². The summed E-state index contributed by atoms with van der Waals surface area (Å²) in [6, 6.07) is 0. The van der Waals surface area contributed by atoms with E-state index in [1.165, 1.54) is 73.5 Å². The quantitative estimate of drug-likeness (QED) is 0.406. The maximum absolute atomic E-state index is 10.9. The summed E-state index contributed by atoms with van der Waals surface area (Å²) in [7, 11) is 0. The van der Waals surface area contributed by atoms with Crippen molar-refractivity contribution in [2.75, 3.05) is 0 Å². The second-order valence-corrected chi connectivity index (χ2v) is 17.2. The molecule has 0 spiro atoms. The molecular weight excluding hydrogens is 329 g/mol. The van der Waals surface area contributed by atoms with Crippen molar-refractivity contribution in [1.29, 1.82) is 0 Å². The summed E-state index contributed by atoms with van der Waals surface area (Å²) in [4.78, 5) is 2.65. The third-order valence-corrected chi connectivity index (χ3v) is 15.9. The SMILES string of the molecule is CCC[CH2][Ge](/[CH]=C/C1(O)CCCCC1)([CH2]CCC)[CH2]CCC. The van der Waals surface area contributed by atoms with Crippen molar-refractivity contribution < 1.29 is 5.11 Å². The standard InChI is InChI=1S/C20H40GeO/c1-4-7-16-21(17-8-5-2,18-9-6-3)19-15-20(22)13-11-10-12-14-20/h15,19,22H,4-14,16-18H2,1-3H3/b19-15+. The van der Waals surface area contributed by atoms with Crippen LogP contribution in [0.1, 0.15) is 91.4 Å². The van der Waals surface area contributed by atoms with Gasteiger partial charge in [0.05, 0.1) is 0 Å². The van der Waals surface area contributed by atoms with Crippen molar-refractivity contribution in [1.82, 2.24) is 0 Å². The third kappa shape index (κ3) is 7.21. The van der Waals surface area contributed by atoms with Crippen molar-refractivity contribution in [2.45, 2.75) is 113 Å². The topological polar surface area (TPSA) is 20.2 Å². The molecule has 1 aliphatic rings. The summed E-state index contributed by atoms with van der Waals surface area (Å²) in [5.74, 6) is 0. The fourth-order valence-corrected chi connectivity index (χ4v) is 14.5. The molecule has 0 amide bonds. The fraction of sp³-hybridized carbons (Fsp3) is 0.900. The maximum atomic E-state index is 10.9. The molecule has 22 heavy (non-hydrogen) atoms. The van der Waals surface area contributed by atoms with Gasteiger partial charge in [-0.3, -0.25) is 0 Å². The molecule has 0 heterocycles. The van der Waals surface area contributed by atoms with Crippen LogP contribution in [0, 0.1) is 0 Å². The minimum atomic E-state index is -1.92.